The lowest BCUT2D eigenvalue weighted by Crippen LogP contribution is -2.42. The van der Waals surface area contributed by atoms with E-state index in [-0.39, 0.29) is 11.8 Å². The van der Waals surface area contributed by atoms with E-state index < -0.39 is 4.05 Å². The number of imidazole rings is 1. The van der Waals surface area contributed by atoms with Gasteiger partial charge < -0.3 is 20.5 Å². The number of alkyl halides is 1. The number of hydrogen-bond acceptors (Lipinski definition) is 4. The van der Waals surface area contributed by atoms with Gasteiger partial charge in [-0.1, -0.05) is 30.3 Å². The van der Waals surface area contributed by atoms with E-state index >= 15 is 0 Å². The van der Waals surface area contributed by atoms with Crippen molar-refractivity contribution >= 4 is 34.4 Å². The predicted octanol–water partition coefficient (Wildman–Crippen LogP) is 0.890. The summed E-state index contributed by atoms with van der Waals surface area (Å²) in [6.07, 6.45) is 0. The second-order valence-corrected chi connectivity index (χ2v) is 6.62. The molecule has 0 spiro atoms. The van der Waals surface area contributed by atoms with E-state index in [0.717, 1.165) is 30.2 Å². The molecular formula is C16H18IN5O2. The van der Waals surface area contributed by atoms with Crippen molar-refractivity contribution in [1.82, 2.24) is 25.5 Å². The standard InChI is InChI=1S/C16H18IN5O2/c1-18-16(24)13(17)21-15(23)12-11-9-19-7-8-22(11)14(20-12)10-5-3-2-4-6-10/h2-6,13,19H,7-9H2,1H3,(H,18,24)(H,21,23). The predicted molar refractivity (Wildman–Crippen MR) is 98.7 cm³/mol. The number of carbonyl (C=O) groups excluding carboxylic acids is 2. The topological polar surface area (TPSA) is 88.1 Å². The Bertz CT molecular complexity index is 759. The number of fused-ring (bicyclic) bond motifs is 1. The highest BCUT2D eigenvalue weighted by molar-refractivity contribution is 14.1. The molecule has 2 heterocycles. The normalized spacial score (nSPS) is 14.6. The first-order valence-corrected chi connectivity index (χ1v) is 8.88. The molecule has 0 saturated heterocycles. The van der Waals surface area contributed by atoms with Crippen molar-refractivity contribution in [2.45, 2.75) is 17.1 Å². The number of carbonyl (C=O) groups is 2. The molecule has 7 nitrogen and oxygen atoms in total. The molecule has 0 aliphatic carbocycles. The van der Waals surface area contributed by atoms with Crippen molar-refractivity contribution < 1.29 is 9.59 Å². The number of amides is 2. The Morgan fingerprint density at radius 3 is 2.79 bits per heavy atom. The number of halogens is 1. The third-order valence-corrected chi connectivity index (χ3v) is 4.74. The number of nitrogens with zero attached hydrogens (tertiary/aromatic N) is 2. The summed E-state index contributed by atoms with van der Waals surface area (Å²) in [4.78, 5) is 28.8. The van der Waals surface area contributed by atoms with Crippen molar-refractivity contribution in [2.24, 2.45) is 0 Å². The van der Waals surface area contributed by atoms with Gasteiger partial charge in [0, 0.05) is 32.2 Å². The van der Waals surface area contributed by atoms with Gasteiger partial charge in [0.05, 0.1) is 5.69 Å². The minimum absolute atomic E-state index is 0.251. The van der Waals surface area contributed by atoms with Gasteiger partial charge in [-0.15, -0.1) is 0 Å². The first kappa shape index (κ1) is 16.9. The molecule has 1 aromatic heterocycles. The molecule has 0 bridgehead atoms. The van der Waals surface area contributed by atoms with Crippen molar-refractivity contribution in [2.75, 3.05) is 13.6 Å². The molecule has 24 heavy (non-hydrogen) atoms. The highest BCUT2D eigenvalue weighted by Crippen LogP contribution is 2.24. The Balaban J connectivity index is 1.95. The summed E-state index contributed by atoms with van der Waals surface area (Å²) < 4.78 is 1.43. The molecule has 0 fully saturated rings. The molecule has 2 aromatic rings. The average molecular weight is 439 g/mol. The van der Waals surface area contributed by atoms with Crippen LogP contribution in [-0.4, -0.2) is 39.0 Å². The molecule has 3 N–H and O–H groups in total. The highest BCUT2D eigenvalue weighted by Gasteiger charge is 2.26. The summed E-state index contributed by atoms with van der Waals surface area (Å²) in [6, 6.07) is 9.80. The van der Waals surface area contributed by atoms with Crippen LogP contribution in [0.3, 0.4) is 0 Å². The third kappa shape index (κ3) is 3.29. The summed E-state index contributed by atoms with van der Waals surface area (Å²) in [6.45, 7) is 2.16. The smallest absolute Gasteiger partial charge is 0.273 e. The monoisotopic (exact) mass is 439 g/mol. The molecule has 1 aliphatic heterocycles. The molecule has 2 amide bonds. The number of benzene rings is 1. The van der Waals surface area contributed by atoms with Crippen LogP contribution in [0.1, 0.15) is 16.2 Å². The average Bonchev–Trinajstić information content (AvgIpc) is 3.01. The quantitative estimate of drug-likeness (QED) is 0.375. The van der Waals surface area contributed by atoms with Gasteiger partial charge in [0.1, 0.15) is 5.82 Å². The Kier molecular flexibility index (Phi) is 5.14. The van der Waals surface area contributed by atoms with E-state index in [1.165, 1.54) is 7.05 Å². The van der Waals surface area contributed by atoms with Gasteiger partial charge in [-0.05, 0) is 22.6 Å². The van der Waals surface area contributed by atoms with Crippen molar-refractivity contribution in [3.8, 4) is 11.4 Å². The molecule has 126 valence electrons. The van der Waals surface area contributed by atoms with Gasteiger partial charge in [-0.3, -0.25) is 9.59 Å². The van der Waals surface area contributed by atoms with E-state index in [1.54, 1.807) is 0 Å². The van der Waals surface area contributed by atoms with Gasteiger partial charge in [0.2, 0.25) is 0 Å². The van der Waals surface area contributed by atoms with Gasteiger partial charge in [0.15, 0.2) is 9.74 Å². The minimum Gasteiger partial charge on any atom is -0.357 e. The molecule has 1 atom stereocenters. The third-order valence-electron chi connectivity index (χ3n) is 3.86. The molecule has 1 aliphatic rings. The largest absolute Gasteiger partial charge is 0.357 e. The highest BCUT2D eigenvalue weighted by atomic mass is 127. The van der Waals surface area contributed by atoms with Gasteiger partial charge >= 0.3 is 0 Å². The zero-order valence-corrected chi connectivity index (χ0v) is 15.3. The minimum atomic E-state index is -0.644. The SMILES string of the molecule is CNC(=O)C(I)NC(=O)c1nc(-c2ccccc2)n2c1CNCC2. The second-order valence-electron chi connectivity index (χ2n) is 5.38. The molecular weight excluding hydrogens is 421 g/mol. The van der Waals surface area contributed by atoms with Crippen molar-refractivity contribution in [3.05, 3.63) is 41.7 Å². The summed E-state index contributed by atoms with van der Waals surface area (Å²) in [5.74, 6) is 0.188. The van der Waals surface area contributed by atoms with E-state index in [4.69, 9.17) is 0 Å². The lowest BCUT2D eigenvalue weighted by molar-refractivity contribution is -0.120. The summed E-state index contributed by atoms with van der Waals surface area (Å²) in [7, 11) is 1.54. The maximum Gasteiger partial charge on any atom is 0.273 e. The van der Waals surface area contributed by atoms with Crippen molar-refractivity contribution in [1.29, 1.82) is 0 Å². The van der Waals surface area contributed by atoms with E-state index in [2.05, 4.69) is 25.5 Å². The fraction of sp³-hybridized carbons (Fsp3) is 0.312. The fourth-order valence-electron chi connectivity index (χ4n) is 2.67. The van der Waals surface area contributed by atoms with Crippen LogP contribution in [0.4, 0.5) is 0 Å². The van der Waals surface area contributed by atoms with Gasteiger partial charge in [0.25, 0.3) is 11.8 Å². The molecule has 0 saturated carbocycles. The van der Waals surface area contributed by atoms with Gasteiger partial charge in [-0.25, -0.2) is 4.98 Å². The molecule has 1 unspecified atom stereocenters. The Hall–Kier alpha value is -1.94. The number of likely N-dealkylation sites (N-methyl/N-ethyl adjacent to an activating group) is 1. The Morgan fingerprint density at radius 2 is 2.08 bits per heavy atom. The van der Waals surface area contributed by atoms with Crippen LogP contribution in [0.2, 0.25) is 0 Å². The van der Waals surface area contributed by atoms with Crippen LogP contribution in [-0.2, 0) is 17.9 Å². The van der Waals surface area contributed by atoms with Crippen LogP contribution in [0.25, 0.3) is 11.4 Å². The van der Waals surface area contributed by atoms with Gasteiger partial charge in [-0.2, -0.15) is 0 Å². The Labute approximate surface area is 153 Å². The fourth-order valence-corrected chi connectivity index (χ4v) is 3.26. The van der Waals surface area contributed by atoms with Crippen LogP contribution in [0, 0.1) is 0 Å². The van der Waals surface area contributed by atoms with E-state index in [0.29, 0.717) is 12.2 Å². The zero-order valence-electron chi connectivity index (χ0n) is 13.2. The summed E-state index contributed by atoms with van der Waals surface area (Å²) in [5, 5.41) is 8.48. The molecule has 1 aromatic carbocycles. The van der Waals surface area contributed by atoms with E-state index in [9.17, 15) is 9.59 Å². The lowest BCUT2D eigenvalue weighted by atomic mass is 10.2. The number of rotatable bonds is 4. The number of aromatic nitrogens is 2. The van der Waals surface area contributed by atoms with Crippen molar-refractivity contribution in [3.63, 3.8) is 0 Å². The first-order valence-electron chi connectivity index (χ1n) is 7.64. The summed E-state index contributed by atoms with van der Waals surface area (Å²) in [5.41, 5.74) is 2.18. The van der Waals surface area contributed by atoms with Crippen LogP contribution < -0.4 is 16.0 Å². The molecule has 3 rings (SSSR count). The van der Waals surface area contributed by atoms with E-state index in [1.807, 2.05) is 52.9 Å². The Morgan fingerprint density at radius 1 is 1.33 bits per heavy atom. The number of hydrogen-bond donors (Lipinski definition) is 3. The molecule has 0 radical (unpaired) electrons. The molecule has 8 heteroatoms. The van der Waals surface area contributed by atoms with Crippen LogP contribution in [0.15, 0.2) is 30.3 Å². The van der Waals surface area contributed by atoms with Crippen LogP contribution >= 0.6 is 22.6 Å². The first-order chi connectivity index (χ1) is 11.6. The maximum atomic E-state index is 12.6. The lowest BCUT2D eigenvalue weighted by Gasteiger charge is -2.18. The second kappa shape index (κ2) is 7.31. The summed E-state index contributed by atoms with van der Waals surface area (Å²) >= 11 is 1.89. The zero-order chi connectivity index (χ0) is 17.1. The van der Waals surface area contributed by atoms with Crippen LogP contribution in [0.5, 0.6) is 0 Å². The maximum absolute atomic E-state index is 12.6. The number of nitrogens with one attached hydrogen (secondary N) is 3.